The number of halogens is 2. The van der Waals surface area contributed by atoms with Gasteiger partial charge in [0.25, 0.3) is 0 Å². The number of nitrogens with two attached hydrogens (primary N) is 1. The predicted octanol–water partition coefficient (Wildman–Crippen LogP) is 3.98. The molecule has 2 N–H and O–H groups in total. The molecule has 0 aliphatic rings. The molecule has 0 aliphatic carbocycles. The fourth-order valence-electron chi connectivity index (χ4n) is 1.35. The van der Waals surface area contributed by atoms with Gasteiger partial charge in [0.05, 0.1) is 15.5 Å². The number of thiophene rings is 1. The quantitative estimate of drug-likeness (QED) is 0.673. The van der Waals surface area contributed by atoms with Crippen LogP contribution >= 0.6 is 38.9 Å². The van der Waals surface area contributed by atoms with Gasteiger partial charge in [-0.15, -0.1) is 11.3 Å². The third-order valence-corrected chi connectivity index (χ3v) is 4.25. The first-order valence-corrected chi connectivity index (χ1v) is 6.48. The summed E-state index contributed by atoms with van der Waals surface area (Å²) in [6.07, 6.45) is 0. The normalized spacial score (nSPS) is 10.4. The van der Waals surface area contributed by atoms with Crippen LogP contribution < -0.4 is 5.73 Å². The minimum absolute atomic E-state index is 0.148. The summed E-state index contributed by atoms with van der Waals surface area (Å²) in [4.78, 5) is 12.8. The molecule has 0 fully saturated rings. The Bertz CT molecular complexity index is 532. The van der Waals surface area contributed by atoms with Gasteiger partial charge in [-0.2, -0.15) is 0 Å². The second-order valence-corrected chi connectivity index (χ2v) is 5.31. The lowest BCUT2D eigenvalue weighted by atomic mass is 10.1. The molecule has 0 aliphatic heterocycles. The Hall–Kier alpha value is -0.840. The number of rotatable bonds is 2. The van der Waals surface area contributed by atoms with E-state index in [1.807, 2.05) is 11.4 Å². The molecule has 5 heteroatoms. The average molecular weight is 317 g/mol. The maximum atomic E-state index is 12.2. The summed E-state index contributed by atoms with van der Waals surface area (Å²) in [6.45, 7) is 0. The van der Waals surface area contributed by atoms with Crippen molar-refractivity contribution in [2.75, 3.05) is 5.73 Å². The van der Waals surface area contributed by atoms with Crippen LogP contribution in [-0.4, -0.2) is 5.78 Å². The maximum absolute atomic E-state index is 12.2. The lowest BCUT2D eigenvalue weighted by Gasteiger charge is -2.05. The Labute approximate surface area is 110 Å². The molecule has 0 atom stereocenters. The van der Waals surface area contributed by atoms with Crippen LogP contribution in [0.1, 0.15) is 15.2 Å². The van der Waals surface area contributed by atoms with Crippen LogP contribution in [-0.2, 0) is 0 Å². The number of hydrogen-bond donors (Lipinski definition) is 1. The van der Waals surface area contributed by atoms with Crippen molar-refractivity contribution >= 4 is 50.3 Å². The molecular weight excluding hydrogens is 310 g/mol. The lowest BCUT2D eigenvalue weighted by Crippen LogP contribution is -2.05. The van der Waals surface area contributed by atoms with Gasteiger partial charge in [0.1, 0.15) is 0 Å². The van der Waals surface area contributed by atoms with Crippen molar-refractivity contribution < 1.29 is 4.79 Å². The molecule has 2 aromatic rings. The number of ketones is 1. The van der Waals surface area contributed by atoms with Crippen LogP contribution in [0.5, 0.6) is 0 Å². The fraction of sp³-hybridized carbons (Fsp3) is 0. The second kappa shape index (κ2) is 4.57. The van der Waals surface area contributed by atoms with E-state index in [0.717, 1.165) is 4.47 Å². The third-order valence-electron chi connectivity index (χ3n) is 2.10. The zero-order chi connectivity index (χ0) is 11.7. The molecular formula is C11H7BrClNOS. The van der Waals surface area contributed by atoms with E-state index in [9.17, 15) is 4.79 Å². The lowest BCUT2D eigenvalue weighted by molar-refractivity contribution is 0.104. The van der Waals surface area contributed by atoms with Crippen molar-refractivity contribution in [3.63, 3.8) is 0 Å². The van der Waals surface area contributed by atoms with E-state index in [1.165, 1.54) is 11.3 Å². The predicted molar refractivity (Wildman–Crippen MR) is 71.3 cm³/mol. The van der Waals surface area contributed by atoms with Gasteiger partial charge in [0.2, 0.25) is 5.78 Å². The van der Waals surface area contributed by atoms with Crippen LogP contribution in [0.4, 0.5) is 5.69 Å². The molecule has 1 aromatic carbocycles. The first-order chi connectivity index (χ1) is 7.61. The number of carbonyl (C=O) groups excluding carboxylic acids is 1. The van der Waals surface area contributed by atoms with Crippen LogP contribution in [0.3, 0.4) is 0 Å². The van der Waals surface area contributed by atoms with Crippen molar-refractivity contribution in [1.82, 2.24) is 0 Å². The maximum Gasteiger partial charge on any atom is 0.207 e. The van der Waals surface area contributed by atoms with E-state index in [4.69, 9.17) is 17.3 Å². The summed E-state index contributed by atoms with van der Waals surface area (Å²) < 4.78 is 0.766. The molecule has 2 nitrogen and oxygen atoms in total. The second-order valence-electron chi connectivity index (χ2n) is 3.13. The summed E-state index contributed by atoms with van der Waals surface area (Å²) in [6, 6.07) is 6.87. The molecule has 16 heavy (non-hydrogen) atoms. The first kappa shape index (κ1) is 11.6. The highest BCUT2D eigenvalue weighted by Crippen LogP contribution is 2.30. The summed E-state index contributed by atoms with van der Waals surface area (Å²) >= 11 is 10.7. The molecule has 0 spiro atoms. The Morgan fingerprint density at radius 2 is 2.12 bits per heavy atom. The van der Waals surface area contributed by atoms with Gasteiger partial charge >= 0.3 is 0 Å². The van der Waals surface area contributed by atoms with Gasteiger partial charge in [-0.3, -0.25) is 4.79 Å². The zero-order valence-electron chi connectivity index (χ0n) is 8.04. The van der Waals surface area contributed by atoms with Crippen LogP contribution in [0.15, 0.2) is 34.1 Å². The summed E-state index contributed by atoms with van der Waals surface area (Å²) in [5.41, 5.74) is 6.53. The average Bonchev–Trinajstić information content (AvgIpc) is 2.64. The topological polar surface area (TPSA) is 43.1 Å². The number of carbonyl (C=O) groups is 1. The Kier molecular flexibility index (Phi) is 3.33. The van der Waals surface area contributed by atoms with E-state index in [2.05, 4.69) is 15.9 Å². The fourth-order valence-corrected chi connectivity index (χ4v) is 3.11. The molecule has 1 heterocycles. The van der Waals surface area contributed by atoms with Gasteiger partial charge in [-0.25, -0.2) is 0 Å². The number of benzene rings is 1. The van der Waals surface area contributed by atoms with Crippen molar-refractivity contribution in [3.05, 3.63) is 49.6 Å². The number of nitrogen functional groups attached to an aromatic ring is 1. The van der Waals surface area contributed by atoms with Gasteiger partial charge in [0.15, 0.2) is 0 Å². The van der Waals surface area contributed by atoms with E-state index in [0.29, 0.717) is 21.2 Å². The van der Waals surface area contributed by atoms with E-state index in [1.54, 1.807) is 18.2 Å². The van der Waals surface area contributed by atoms with Crippen molar-refractivity contribution in [2.24, 2.45) is 0 Å². The van der Waals surface area contributed by atoms with E-state index in [-0.39, 0.29) is 5.78 Å². The number of anilines is 1. The molecule has 0 bridgehead atoms. The van der Waals surface area contributed by atoms with Crippen molar-refractivity contribution in [3.8, 4) is 0 Å². The van der Waals surface area contributed by atoms with Gasteiger partial charge < -0.3 is 5.73 Å². The minimum Gasteiger partial charge on any atom is -0.398 e. The Balaban J connectivity index is 2.54. The van der Waals surface area contributed by atoms with Gasteiger partial charge in [0, 0.05) is 10.2 Å². The molecule has 0 saturated heterocycles. The molecule has 2 rings (SSSR count). The molecule has 1 aromatic heterocycles. The van der Waals surface area contributed by atoms with Crippen LogP contribution in [0.2, 0.25) is 5.02 Å². The largest absolute Gasteiger partial charge is 0.398 e. The third kappa shape index (κ3) is 2.00. The molecule has 0 amide bonds. The molecule has 0 radical (unpaired) electrons. The standard InChI is InChI=1S/C11H7BrClNOS/c12-6-4-5-16-11(6)10(15)9-7(13)2-1-3-8(9)14/h1-5H,14H2. The summed E-state index contributed by atoms with van der Waals surface area (Å²) in [5.74, 6) is -0.148. The Morgan fingerprint density at radius 1 is 1.38 bits per heavy atom. The summed E-state index contributed by atoms with van der Waals surface area (Å²) in [7, 11) is 0. The SMILES string of the molecule is Nc1cccc(Cl)c1C(=O)c1sccc1Br. The molecule has 0 saturated carbocycles. The van der Waals surface area contributed by atoms with E-state index >= 15 is 0 Å². The molecule has 0 unspecified atom stereocenters. The monoisotopic (exact) mass is 315 g/mol. The summed E-state index contributed by atoms with van der Waals surface area (Å²) in [5, 5.41) is 2.22. The highest BCUT2D eigenvalue weighted by Gasteiger charge is 2.19. The van der Waals surface area contributed by atoms with Gasteiger partial charge in [-0.1, -0.05) is 17.7 Å². The smallest absolute Gasteiger partial charge is 0.207 e. The zero-order valence-corrected chi connectivity index (χ0v) is 11.2. The van der Waals surface area contributed by atoms with Crippen molar-refractivity contribution in [2.45, 2.75) is 0 Å². The molecule has 82 valence electrons. The number of hydrogen-bond acceptors (Lipinski definition) is 3. The Morgan fingerprint density at radius 3 is 2.69 bits per heavy atom. The van der Waals surface area contributed by atoms with E-state index < -0.39 is 0 Å². The van der Waals surface area contributed by atoms with Crippen LogP contribution in [0, 0.1) is 0 Å². The highest BCUT2D eigenvalue weighted by molar-refractivity contribution is 9.10. The minimum atomic E-state index is -0.148. The first-order valence-electron chi connectivity index (χ1n) is 4.43. The van der Waals surface area contributed by atoms with Crippen molar-refractivity contribution in [1.29, 1.82) is 0 Å². The van der Waals surface area contributed by atoms with Crippen LogP contribution in [0.25, 0.3) is 0 Å². The van der Waals surface area contributed by atoms with Gasteiger partial charge in [-0.05, 0) is 39.5 Å². The highest BCUT2D eigenvalue weighted by atomic mass is 79.9.